The molecular weight excluding hydrogens is 170 g/mol. The van der Waals surface area contributed by atoms with Gasteiger partial charge < -0.3 is 4.90 Å². The molecule has 3 heteroatoms. The minimum atomic E-state index is -0.593. The van der Waals surface area contributed by atoms with Crippen LogP contribution < -0.4 is 0 Å². The summed E-state index contributed by atoms with van der Waals surface area (Å²) in [5.74, 6) is 0.367. The quantitative estimate of drug-likeness (QED) is 0.525. The summed E-state index contributed by atoms with van der Waals surface area (Å²) in [6.07, 6.45) is 5.54. The topological polar surface area (TPSA) is 20.3 Å². The van der Waals surface area contributed by atoms with E-state index in [9.17, 15) is 4.79 Å². The Kier molecular flexibility index (Phi) is 1.41. The third-order valence-electron chi connectivity index (χ3n) is 3.67. The van der Waals surface area contributed by atoms with Crippen molar-refractivity contribution in [1.29, 1.82) is 0 Å². The Morgan fingerprint density at radius 1 is 1.50 bits per heavy atom. The molecule has 0 saturated carbocycles. The lowest BCUT2D eigenvalue weighted by Gasteiger charge is -2.47. The zero-order valence-corrected chi connectivity index (χ0v) is 9.07. The van der Waals surface area contributed by atoms with Crippen LogP contribution in [0.25, 0.3) is 0 Å². The second kappa shape index (κ2) is 2.00. The Labute approximate surface area is 75.6 Å². The van der Waals surface area contributed by atoms with Crippen molar-refractivity contribution in [2.75, 3.05) is 19.1 Å². The van der Waals surface area contributed by atoms with Crippen molar-refractivity contribution >= 4 is 15.9 Å². The Morgan fingerprint density at radius 3 is 2.42 bits per heavy atom. The highest BCUT2D eigenvalue weighted by Gasteiger charge is 2.56. The monoisotopic (exact) mass is 187 g/mol. The van der Waals surface area contributed by atoms with E-state index in [0.29, 0.717) is 16.0 Å². The van der Waals surface area contributed by atoms with Crippen LogP contribution in [-0.2, 0) is 4.79 Å². The highest BCUT2D eigenvalue weighted by atomic mass is 32.3. The predicted octanol–water partition coefficient (Wildman–Crippen LogP) is 1.40. The highest BCUT2D eigenvalue weighted by Crippen LogP contribution is 2.66. The normalized spacial score (nSPS) is 38.8. The van der Waals surface area contributed by atoms with Gasteiger partial charge in [0.1, 0.15) is 0 Å². The van der Waals surface area contributed by atoms with Gasteiger partial charge in [-0.05, 0) is 12.5 Å². The van der Waals surface area contributed by atoms with E-state index in [-0.39, 0.29) is 0 Å². The molecule has 2 aliphatic heterocycles. The fraction of sp³-hybridized carbons (Fsp3) is 0.889. The molecule has 0 spiro atoms. The number of carbonyl (C=O) groups excluding carboxylic acids is 1. The van der Waals surface area contributed by atoms with E-state index >= 15 is 0 Å². The van der Waals surface area contributed by atoms with Crippen molar-refractivity contribution in [3.63, 3.8) is 0 Å². The molecule has 0 aromatic carbocycles. The minimum absolute atomic E-state index is 0.365. The van der Waals surface area contributed by atoms with Gasteiger partial charge in [-0.3, -0.25) is 4.79 Å². The first-order valence-electron chi connectivity index (χ1n) is 4.37. The Hall–Kier alpha value is -0.180. The van der Waals surface area contributed by atoms with Gasteiger partial charge >= 0.3 is 0 Å². The predicted molar refractivity (Wildman–Crippen MR) is 53.6 cm³/mol. The van der Waals surface area contributed by atoms with E-state index in [1.165, 1.54) is 0 Å². The van der Waals surface area contributed by atoms with Gasteiger partial charge in [0.05, 0.1) is 11.8 Å². The Morgan fingerprint density at radius 2 is 2.08 bits per heavy atom. The molecule has 0 aromatic rings. The highest BCUT2D eigenvalue weighted by molar-refractivity contribution is 8.34. The molecule has 2 nitrogen and oxygen atoms in total. The largest absolute Gasteiger partial charge is 0.330 e. The molecule has 1 amide bonds. The summed E-state index contributed by atoms with van der Waals surface area (Å²) in [5.41, 5.74) is 0. The third kappa shape index (κ3) is 0.754. The zero-order chi connectivity index (χ0) is 9.15. The van der Waals surface area contributed by atoms with Gasteiger partial charge in [-0.2, -0.15) is 0 Å². The van der Waals surface area contributed by atoms with E-state index < -0.39 is 10.0 Å². The smallest absolute Gasteiger partial charge is 0.226 e. The first kappa shape index (κ1) is 8.42. The lowest BCUT2D eigenvalue weighted by Crippen LogP contribution is -2.49. The maximum atomic E-state index is 11.2. The van der Waals surface area contributed by atoms with Gasteiger partial charge in [-0.25, -0.2) is 10.0 Å². The van der Waals surface area contributed by atoms with Crippen LogP contribution in [0.15, 0.2) is 0 Å². The molecule has 2 fully saturated rings. The van der Waals surface area contributed by atoms with Crippen LogP contribution in [0.1, 0.15) is 20.3 Å². The van der Waals surface area contributed by atoms with Crippen molar-refractivity contribution in [3.8, 4) is 0 Å². The second-order valence-corrected chi connectivity index (χ2v) is 9.31. The van der Waals surface area contributed by atoms with Crippen LogP contribution in [-0.4, -0.2) is 40.0 Å². The van der Waals surface area contributed by atoms with Gasteiger partial charge in [-0.1, -0.05) is 13.8 Å². The van der Waals surface area contributed by atoms with Crippen molar-refractivity contribution < 1.29 is 4.79 Å². The van der Waals surface area contributed by atoms with Crippen molar-refractivity contribution in [2.45, 2.75) is 30.4 Å². The molecular formula is C9H17NOS. The molecule has 2 aliphatic rings. The average molecular weight is 187 g/mol. The molecule has 2 rings (SSSR count). The van der Waals surface area contributed by atoms with Crippen LogP contribution in [0.5, 0.6) is 0 Å². The third-order valence-corrected chi connectivity index (χ3v) is 8.43. The molecule has 70 valence electrons. The van der Waals surface area contributed by atoms with E-state index in [4.69, 9.17) is 0 Å². The summed E-state index contributed by atoms with van der Waals surface area (Å²) in [6.45, 7) is 5.58. The van der Waals surface area contributed by atoms with Gasteiger partial charge in [0.2, 0.25) is 5.91 Å². The van der Waals surface area contributed by atoms with Gasteiger partial charge in [0.15, 0.2) is 0 Å². The maximum absolute atomic E-state index is 11.2. The van der Waals surface area contributed by atoms with E-state index in [0.717, 1.165) is 13.0 Å². The number of nitrogens with zero attached hydrogens (tertiary/aromatic N) is 1. The SMILES string of the molecule is CC1(C)CN2C(=O)CC2S1(C)C. The number of rotatable bonds is 0. The fourth-order valence-electron chi connectivity index (χ4n) is 2.09. The van der Waals surface area contributed by atoms with E-state index in [1.54, 1.807) is 0 Å². The molecule has 0 N–H and O–H groups in total. The zero-order valence-electron chi connectivity index (χ0n) is 8.26. The lowest BCUT2D eigenvalue weighted by molar-refractivity contribution is -0.140. The molecule has 0 aliphatic carbocycles. The number of carbonyl (C=O) groups is 1. The first-order chi connectivity index (χ1) is 5.36. The van der Waals surface area contributed by atoms with Gasteiger partial charge in [0, 0.05) is 11.3 Å². The first-order valence-corrected chi connectivity index (χ1v) is 6.89. The van der Waals surface area contributed by atoms with Crippen molar-refractivity contribution in [1.82, 2.24) is 4.90 Å². The summed E-state index contributed by atoms with van der Waals surface area (Å²) >= 11 is 0. The van der Waals surface area contributed by atoms with Crippen molar-refractivity contribution in [3.05, 3.63) is 0 Å². The van der Waals surface area contributed by atoms with Gasteiger partial charge in [0.25, 0.3) is 0 Å². The molecule has 2 heterocycles. The maximum Gasteiger partial charge on any atom is 0.226 e. The summed E-state index contributed by atoms with van der Waals surface area (Å²) < 4.78 is 0.365. The molecule has 1 unspecified atom stereocenters. The number of hydrogen-bond acceptors (Lipinski definition) is 1. The molecule has 1 atom stereocenters. The van der Waals surface area contributed by atoms with Crippen LogP contribution >= 0.6 is 10.0 Å². The van der Waals surface area contributed by atoms with E-state index in [2.05, 4.69) is 31.3 Å². The minimum Gasteiger partial charge on any atom is -0.330 e. The number of fused-ring (bicyclic) bond motifs is 1. The molecule has 2 saturated heterocycles. The number of β-lactam (4-membered cyclic amide) rings is 1. The molecule has 12 heavy (non-hydrogen) atoms. The van der Waals surface area contributed by atoms with Crippen LogP contribution in [0.4, 0.5) is 0 Å². The lowest BCUT2D eigenvalue weighted by atomic mass is 10.1. The summed E-state index contributed by atoms with van der Waals surface area (Å²) in [4.78, 5) is 13.3. The molecule has 0 bridgehead atoms. The number of amides is 1. The van der Waals surface area contributed by atoms with Crippen LogP contribution in [0.3, 0.4) is 0 Å². The van der Waals surface area contributed by atoms with Crippen LogP contribution in [0, 0.1) is 0 Å². The summed E-state index contributed by atoms with van der Waals surface area (Å²) in [7, 11) is -0.593. The Bertz CT molecular complexity index is 247. The molecule has 0 radical (unpaired) electrons. The van der Waals surface area contributed by atoms with Gasteiger partial charge in [-0.15, -0.1) is 0 Å². The number of hydrogen-bond donors (Lipinski definition) is 0. The van der Waals surface area contributed by atoms with Crippen molar-refractivity contribution in [2.24, 2.45) is 0 Å². The second-order valence-electron chi connectivity index (χ2n) is 4.85. The Balaban J connectivity index is 2.32. The van der Waals surface area contributed by atoms with E-state index in [1.807, 2.05) is 0 Å². The summed E-state index contributed by atoms with van der Waals surface area (Å²) in [5, 5.41) is 0.597. The van der Waals surface area contributed by atoms with Crippen LogP contribution in [0.2, 0.25) is 0 Å². The average Bonchev–Trinajstić information content (AvgIpc) is 2.07. The fourth-order valence-corrected chi connectivity index (χ4v) is 4.68. The standard InChI is InChI=1S/C9H17NOS/c1-9(2)6-10-7(11)5-8(10)12(9,3)4/h8H,5-6H2,1-4H3. The summed E-state index contributed by atoms with van der Waals surface area (Å²) in [6, 6.07) is 0. The molecule has 0 aromatic heterocycles.